The summed E-state index contributed by atoms with van der Waals surface area (Å²) in [7, 11) is 1.88. The third-order valence-corrected chi connectivity index (χ3v) is 5.67. The highest BCUT2D eigenvalue weighted by Gasteiger charge is 2.26. The van der Waals surface area contributed by atoms with Gasteiger partial charge in [0.05, 0.1) is 5.69 Å². The first kappa shape index (κ1) is 20.1. The first-order valence-electron chi connectivity index (χ1n) is 10.6. The van der Waals surface area contributed by atoms with Gasteiger partial charge in [-0.3, -0.25) is 4.57 Å². The van der Waals surface area contributed by atoms with Gasteiger partial charge in [-0.1, -0.05) is 6.07 Å². The van der Waals surface area contributed by atoms with E-state index in [-0.39, 0.29) is 5.82 Å². The van der Waals surface area contributed by atoms with Crippen molar-refractivity contribution in [3.05, 3.63) is 83.1 Å². The second kappa shape index (κ2) is 8.03. The first-order chi connectivity index (χ1) is 15.5. The maximum Gasteiger partial charge on any atom is 0.142 e. The fraction of sp³-hybridized carbons (Fsp3) is 0.250. The van der Waals surface area contributed by atoms with Crippen molar-refractivity contribution in [2.45, 2.75) is 26.7 Å². The van der Waals surface area contributed by atoms with Crippen molar-refractivity contribution in [3.8, 4) is 5.82 Å². The minimum atomic E-state index is -0.246. The molecule has 0 saturated heterocycles. The molecule has 0 fully saturated rings. The number of nitrogens with zero attached hydrogens (tertiary/aromatic N) is 6. The Kier molecular flexibility index (Phi) is 5.05. The highest BCUT2D eigenvalue weighted by Crippen LogP contribution is 2.36. The van der Waals surface area contributed by atoms with Crippen molar-refractivity contribution >= 4 is 17.3 Å². The summed E-state index contributed by atoms with van der Waals surface area (Å²) < 4.78 is 15.3. The molecule has 32 heavy (non-hydrogen) atoms. The van der Waals surface area contributed by atoms with Gasteiger partial charge in [-0.25, -0.2) is 24.3 Å². The number of nitrogens with one attached hydrogen (secondary N) is 1. The van der Waals surface area contributed by atoms with E-state index in [4.69, 9.17) is 9.97 Å². The summed E-state index contributed by atoms with van der Waals surface area (Å²) in [5.74, 6) is 3.05. The highest BCUT2D eigenvalue weighted by molar-refractivity contribution is 5.71. The third kappa shape index (κ3) is 3.68. The number of hydrogen-bond donors (Lipinski definition) is 1. The van der Waals surface area contributed by atoms with Crippen LogP contribution in [0, 0.1) is 19.7 Å². The molecule has 7 nitrogen and oxygen atoms in total. The molecule has 1 N–H and O–H groups in total. The molecule has 1 aliphatic heterocycles. The first-order valence-corrected chi connectivity index (χ1v) is 10.6. The lowest BCUT2D eigenvalue weighted by Crippen LogP contribution is -2.15. The van der Waals surface area contributed by atoms with Gasteiger partial charge in [0.15, 0.2) is 0 Å². The molecule has 1 aliphatic rings. The van der Waals surface area contributed by atoms with Crippen LogP contribution in [0.15, 0.2) is 49.1 Å². The van der Waals surface area contributed by atoms with E-state index in [0.29, 0.717) is 6.42 Å². The second-order valence-corrected chi connectivity index (χ2v) is 8.00. The predicted octanol–water partition coefficient (Wildman–Crippen LogP) is 4.14. The van der Waals surface area contributed by atoms with Gasteiger partial charge in [-0.15, -0.1) is 0 Å². The van der Waals surface area contributed by atoms with Crippen molar-refractivity contribution in [3.63, 3.8) is 0 Å². The molecule has 8 heteroatoms. The van der Waals surface area contributed by atoms with E-state index in [1.54, 1.807) is 18.5 Å². The van der Waals surface area contributed by atoms with Crippen LogP contribution in [0.1, 0.15) is 28.2 Å². The van der Waals surface area contributed by atoms with E-state index in [0.717, 1.165) is 64.3 Å². The average Bonchev–Trinajstić information content (AvgIpc) is 3.40. The predicted molar refractivity (Wildman–Crippen MR) is 122 cm³/mol. The van der Waals surface area contributed by atoms with Gasteiger partial charge >= 0.3 is 0 Å². The van der Waals surface area contributed by atoms with Crippen LogP contribution in [-0.4, -0.2) is 38.1 Å². The van der Waals surface area contributed by atoms with Crippen molar-refractivity contribution in [2.24, 2.45) is 0 Å². The number of rotatable bonds is 5. The van der Waals surface area contributed by atoms with E-state index < -0.39 is 0 Å². The molecule has 0 unspecified atom stereocenters. The molecule has 0 spiro atoms. The summed E-state index contributed by atoms with van der Waals surface area (Å²) >= 11 is 0. The summed E-state index contributed by atoms with van der Waals surface area (Å²) in [5, 5.41) is 3.22. The number of imidazole rings is 1. The van der Waals surface area contributed by atoms with E-state index >= 15 is 0 Å². The Hall–Kier alpha value is -3.81. The Bertz CT molecular complexity index is 1280. The highest BCUT2D eigenvalue weighted by atomic mass is 19.1. The topological polar surface area (TPSA) is 71.8 Å². The summed E-state index contributed by atoms with van der Waals surface area (Å²) in [6.45, 7) is 4.79. The summed E-state index contributed by atoms with van der Waals surface area (Å²) in [6, 6.07) is 8.65. The van der Waals surface area contributed by atoms with Crippen molar-refractivity contribution < 1.29 is 4.39 Å². The molecule has 0 bridgehead atoms. The fourth-order valence-electron chi connectivity index (χ4n) is 4.17. The molecule has 5 rings (SSSR count). The summed E-state index contributed by atoms with van der Waals surface area (Å²) in [6.07, 6.45) is 7.00. The van der Waals surface area contributed by atoms with Gasteiger partial charge in [0.1, 0.15) is 35.4 Å². The van der Waals surface area contributed by atoms with Gasteiger partial charge in [0.25, 0.3) is 0 Å². The maximum atomic E-state index is 13.4. The van der Waals surface area contributed by atoms with E-state index in [9.17, 15) is 4.39 Å². The SMILES string of the molecule is CNc1nc(Cc2cnc(-n3cnc(C)c3)c(C)c2)nc2c1CCN2c1ccc(F)cc1. The van der Waals surface area contributed by atoms with Gasteiger partial charge in [-0.05, 0) is 55.7 Å². The smallest absolute Gasteiger partial charge is 0.142 e. The minimum absolute atomic E-state index is 0.246. The lowest BCUT2D eigenvalue weighted by Gasteiger charge is -2.19. The monoisotopic (exact) mass is 429 g/mol. The fourth-order valence-corrected chi connectivity index (χ4v) is 4.17. The quantitative estimate of drug-likeness (QED) is 0.514. The normalized spacial score (nSPS) is 12.8. The Morgan fingerprint density at radius 2 is 1.88 bits per heavy atom. The lowest BCUT2D eigenvalue weighted by molar-refractivity contribution is 0.628. The van der Waals surface area contributed by atoms with Gasteiger partial charge in [0.2, 0.25) is 0 Å². The van der Waals surface area contributed by atoms with Crippen molar-refractivity contribution in [1.82, 2.24) is 24.5 Å². The number of benzene rings is 1. The average molecular weight is 430 g/mol. The second-order valence-electron chi connectivity index (χ2n) is 8.00. The molecule has 4 aromatic rings. The Labute approximate surface area is 186 Å². The Balaban J connectivity index is 1.46. The Morgan fingerprint density at radius 1 is 1.06 bits per heavy atom. The Morgan fingerprint density at radius 3 is 2.56 bits per heavy atom. The number of hydrogen-bond acceptors (Lipinski definition) is 6. The third-order valence-electron chi connectivity index (χ3n) is 5.67. The van der Waals surface area contributed by atoms with Crippen LogP contribution in [-0.2, 0) is 12.8 Å². The zero-order chi connectivity index (χ0) is 22.2. The number of aryl methyl sites for hydroxylation is 2. The van der Waals surface area contributed by atoms with Crippen molar-refractivity contribution in [2.75, 3.05) is 23.8 Å². The molecule has 162 valence electrons. The van der Waals surface area contributed by atoms with Crippen LogP contribution >= 0.6 is 0 Å². The zero-order valence-electron chi connectivity index (χ0n) is 18.3. The number of anilines is 3. The van der Waals surface area contributed by atoms with Crippen LogP contribution in [0.2, 0.25) is 0 Å². The molecule has 1 aromatic carbocycles. The molecule has 4 heterocycles. The standard InChI is InChI=1S/C24H24FN7/c1-15-10-17(12-27-23(15)31-13-16(2)28-14-31)11-21-29-22(26-3)20-8-9-32(24(20)30-21)19-6-4-18(25)5-7-19/h4-7,10,12-14H,8-9,11H2,1-3H3,(H,26,29,30). The number of halogens is 1. The molecule has 3 aromatic heterocycles. The van der Waals surface area contributed by atoms with Crippen molar-refractivity contribution in [1.29, 1.82) is 0 Å². The lowest BCUT2D eigenvalue weighted by atomic mass is 10.1. The zero-order valence-corrected chi connectivity index (χ0v) is 18.3. The van der Waals surface area contributed by atoms with E-state index in [1.165, 1.54) is 12.1 Å². The van der Waals surface area contributed by atoms with Gasteiger partial charge in [-0.2, -0.15) is 0 Å². The van der Waals surface area contributed by atoms with Gasteiger partial charge in [0, 0.05) is 43.7 Å². The maximum absolute atomic E-state index is 13.4. The largest absolute Gasteiger partial charge is 0.373 e. The number of fused-ring (bicyclic) bond motifs is 1. The van der Waals surface area contributed by atoms with E-state index in [2.05, 4.69) is 26.3 Å². The molecular weight excluding hydrogens is 405 g/mol. The van der Waals surface area contributed by atoms with Crippen LogP contribution in [0.25, 0.3) is 5.82 Å². The minimum Gasteiger partial charge on any atom is -0.373 e. The molecule has 0 saturated carbocycles. The molecule has 0 aliphatic carbocycles. The summed E-state index contributed by atoms with van der Waals surface area (Å²) in [5.41, 5.74) is 5.06. The van der Waals surface area contributed by atoms with Crippen LogP contribution in [0.5, 0.6) is 0 Å². The molecule has 0 amide bonds. The number of aromatic nitrogens is 5. The van der Waals surface area contributed by atoms with Crippen LogP contribution < -0.4 is 10.2 Å². The van der Waals surface area contributed by atoms with Crippen LogP contribution in [0.4, 0.5) is 21.7 Å². The van der Waals surface area contributed by atoms with E-state index in [1.807, 2.05) is 37.9 Å². The van der Waals surface area contributed by atoms with Gasteiger partial charge < -0.3 is 10.2 Å². The summed E-state index contributed by atoms with van der Waals surface area (Å²) in [4.78, 5) is 20.7. The molecule has 0 atom stereocenters. The molecule has 0 radical (unpaired) electrons. The number of pyridine rings is 1. The molecular formula is C24H24FN7. The van der Waals surface area contributed by atoms with Crippen LogP contribution in [0.3, 0.4) is 0 Å².